The van der Waals surface area contributed by atoms with Crippen LogP contribution in [0.4, 0.5) is 11.4 Å². The Morgan fingerprint density at radius 2 is 1.73 bits per heavy atom. The molecule has 2 aromatic carbocycles. The van der Waals surface area contributed by atoms with Crippen molar-refractivity contribution < 1.29 is 13.2 Å². The van der Waals surface area contributed by atoms with Crippen molar-refractivity contribution >= 4 is 38.9 Å². The van der Waals surface area contributed by atoms with E-state index in [1.165, 1.54) is 4.31 Å². The summed E-state index contributed by atoms with van der Waals surface area (Å²) in [5, 5.41) is 0.678. The molecule has 1 aliphatic heterocycles. The van der Waals surface area contributed by atoms with Gasteiger partial charge in [0.15, 0.2) is 0 Å². The smallest absolute Gasteiger partial charge is 0.246 e. The lowest BCUT2D eigenvalue weighted by atomic mass is 10.1. The molecule has 1 fully saturated rings. The molecular formula is C22H28ClN3O3S. The summed E-state index contributed by atoms with van der Waals surface area (Å²) >= 11 is 6.09. The molecule has 0 N–H and O–H groups in total. The third kappa shape index (κ3) is 4.90. The molecule has 1 amide bonds. The van der Waals surface area contributed by atoms with Gasteiger partial charge in [-0.3, -0.25) is 9.10 Å². The number of hydrogen-bond acceptors (Lipinski definition) is 4. The zero-order chi connectivity index (χ0) is 22.1. The second-order valence-electron chi connectivity index (χ2n) is 7.82. The fraction of sp³-hybridized carbons (Fsp3) is 0.409. The largest absolute Gasteiger partial charge is 0.368 e. The number of carbonyl (C=O) groups excluding carboxylic acids is 1. The summed E-state index contributed by atoms with van der Waals surface area (Å²) in [5.41, 5.74) is 3.34. The summed E-state index contributed by atoms with van der Waals surface area (Å²) in [4.78, 5) is 17.2. The number of hydrogen-bond donors (Lipinski definition) is 0. The topological polar surface area (TPSA) is 60.9 Å². The number of amides is 1. The first kappa shape index (κ1) is 22.4. The van der Waals surface area contributed by atoms with Gasteiger partial charge in [0.25, 0.3) is 0 Å². The summed E-state index contributed by atoms with van der Waals surface area (Å²) in [5.74, 6) is -0.188. The molecular weight excluding hydrogens is 422 g/mol. The minimum absolute atomic E-state index is 0.188. The standard InChI is InChI=1S/C22H28ClN3O3S/c1-16-8-9-17(2)21(14-16)26(30(4,28)29)18(3)22(27)25-12-10-24(11-13-25)20-7-5-6-19(23)15-20/h5-9,14-15,18H,10-13H2,1-4H3. The van der Waals surface area contributed by atoms with E-state index in [-0.39, 0.29) is 5.91 Å². The molecule has 1 heterocycles. The molecule has 162 valence electrons. The van der Waals surface area contributed by atoms with Crippen LogP contribution < -0.4 is 9.21 Å². The highest BCUT2D eigenvalue weighted by Crippen LogP contribution is 2.27. The summed E-state index contributed by atoms with van der Waals surface area (Å²) in [6.07, 6.45) is 1.15. The molecule has 0 bridgehead atoms. The molecule has 6 nitrogen and oxygen atoms in total. The number of sulfonamides is 1. The quantitative estimate of drug-likeness (QED) is 0.701. The van der Waals surface area contributed by atoms with Crippen LogP contribution in [0, 0.1) is 13.8 Å². The highest BCUT2D eigenvalue weighted by Gasteiger charge is 2.34. The van der Waals surface area contributed by atoms with E-state index in [0.717, 1.165) is 23.1 Å². The Morgan fingerprint density at radius 3 is 2.33 bits per heavy atom. The first-order valence-electron chi connectivity index (χ1n) is 9.94. The third-order valence-electron chi connectivity index (χ3n) is 5.43. The molecule has 30 heavy (non-hydrogen) atoms. The summed E-state index contributed by atoms with van der Waals surface area (Å²) in [7, 11) is -3.64. The maximum Gasteiger partial charge on any atom is 0.246 e. The van der Waals surface area contributed by atoms with Crippen molar-refractivity contribution in [1.29, 1.82) is 0 Å². The van der Waals surface area contributed by atoms with Gasteiger partial charge in [0, 0.05) is 36.9 Å². The zero-order valence-electron chi connectivity index (χ0n) is 17.8. The van der Waals surface area contributed by atoms with E-state index in [9.17, 15) is 13.2 Å². The molecule has 3 rings (SSSR count). The maximum absolute atomic E-state index is 13.2. The predicted molar refractivity (Wildman–Crippen MR) is 123 cm³/mol. The van der Waals surface area contributed by atoms with Crippen molar-refractivity contribution in [2.45, 2.75) is 26.8 Å². The summed E-state index contributed by atoms with van der Waals surface area (Å²) < 4.78 is 26.5. The number of piperazine rings is 1. The number of benzene rings is 2. The molecule has 1 saturated heterocycles. The molecule has 0 radical (unpaired) electrons. The van der Waals surface area contributed by atoms with Gasteiger partial charge in [-0.15, -0.1) is 0 Å². The van der Waals surface area contributed by atoms with Crippen LogP contribution in [0.25, 0.3) is 0 Å². The van der Waals surface area contributed by atoms with Crippen LogP contribution in [-0.4, -0.2) is 57.7 Å². The lowest BCUT2D eigenvalue weighted by molar-refractivity contribution is -0.132. The minimum atomic E-state index is -3.64. The van der Waals surface area contributed by atoms with Crippen LogP contribution in [-0.2, 0) is 14.8 Å². The average molecular weight is 450 g/mol. The van der Waals surface area contributed by atoms with Gasteiger partial charge in [-0.25, -0.2) is 8.42 Å². The lowest BCUT2D eigenvalue weighted by Gasteiger charge is -2.39. The van der Waals surface area contributed by atoms with Gasteiger partial charge in [-0.2, -0.15) is 0 Å². The fourth-order valence-corrected chi connectivity index (χ4v) is 5.26. The van der Waals surface area contributed by atoms with Crippen molar-refractivity contribution in [1.82, 2.24) is 4.90 Å². The Bertz CT molecular complexity index is 1030. The second kappa shape index (κ2) is 8.86. The highest BCUT2D eigenvalue weighted by molar-refractivity contribution is 7.92. The van der Waals surface area contributed by atoms with E-state index in [1.807, 2.05) is 56.3 Å². The molecule has 0 aromatic heterocycles. The van der Waals surface area contributed by atoms with Gasteiger partial charge in [-0.1, -0.05) is 29.8 Å². The molecule has 1 atom stereocenters. The lowest BCUT2D eigenvalue weighted by Crippen LogP contribution is -2.55. The number of rotatable bonds is 5. The summed E-state index contributed by atoms with van der Waals surface area (Å²) in [6, 6.07) is 12.5. The number of halogens is 1. The van der Waals surface area contributed by atoms with Crippen molar-refractivity contribution in [3.8, 4) is 0 Å². The van der Waals surface area contributed by atoms with Crippen LogP contribution in [0.5, 0.6) is 0 Å². The first-order chi connectivity index (χ1) is 14.1. The third-order valence-corrected chi connectivity index (χ3v) is 6.90. The van der Waals surface area contributed by atoms with Crippen LogP contribution in [0.1, 0.15) is 18.1 Å². The molecule has 2 aromatic rings. The Kier molecular flexibility index (Phi) is 6.62. The molecule has 1 aliphatic rings. The second-order valence-corrected chi connectivity index (χ2v) is 10.1. The van der Waals surface area contributed by atoms with E-state index < -0.39 is 16.1 Å². The van der Waals surface area contributed by atoms with Crippen LogP contribution in [0.2, 0.25) is 5.02 Å². The van der Waals surface area contributed by atoms with E-state index in [2.05, 4.69) is 4.90 Å². The predicted octanol–water partition coefficient (Wildman–Crippen LogP) is 3.46. The van der Waals surface area contributed by atoms with Gasteiger partial charge in [-0.05, 0) is 56.2 Å². The van der Waals surface area contributed by atoms with Crippen LogP contribution in [0.3, 0.4) is 0 Å². The average Bonchev–Trinajstić information content (AvgIpc) is 2.69. The van der Waals surface area contributed by atoms with Crippen molar-refractivity contribution in [3.05, 3.63) is 58.6 Å². The first-order valence-corrected chi connectivity index (χ1v) is 12.2. The van der Waals surface area contributed by atoms with Crippen LogP contribution >= 0.6 is 11.6 Å². The van der Waals surface area contributed by atoms with Gasteiger partial charge >= 0.3 is 0 Å². The molecule has 0 saturated carbocycles. The minimum Gasteiger partial charge on any atom is -0.368 e. The van der Waals surface area contributed by atoms with E-state index in [0.29, 0.717) is 36.9 Å². The van der Waals surface area contributed by atoms with Gasteiger partial charge in [0.2, 0.25) is 15.9 Å². The van der Waals surface area contributed by atoms with E-state index >= 15 is 0 Å². The van der Waals surface area contributed by atoms with Crippen molar-refractivity contribution in [3.63, 3.8) is 0 Å². The number of aryl methyl sites for hydroxylation is 2. The van der Waals surface area contributed by atoms with Crippen molar-refractivity contribution in [2.24, 2.45) is 0 Å². The molecule has 8 heteroatoms. The van der Waals surface area contributed by atoms with Crippen LogP contribution in [0.15, 0.2) is 42.5 Å². The number of carbonyl (C=O) groups is 1. The molecule has 0 spiro atoms. The van der Waals surface area contributed by atoms with Gasteiger partial charge < -0.3 is 9.80 Å². The number of nitrogens with zero attached hydrogens (tertiary/aromatic N) is 3. The van der Waals surface area contributed by atoms with Gasteiger partial charge in [0.1, 0.15) is 6.04 Å². The Morgan fingerprint density at radius 1 is 1.07 bits per heavy atom. The van der Waals surface area contributed by atoms with E-state index in [4.69, 9.17) is 11.6 Å². The monoisotopic (exact) mass is 449 g/mol. The number of anilines is 2. The van der Waals surface area contributed by atoms with Gasteiger partial charge in [0.05, 0.1) is 11.9 Å². The molecule has 0 aliphatic carbocycles. The fourth-order valence-electron chi connectivity index (χ4n) is 3.85. The highest BCUT2D eigenvalue weighted by atomic mass is 35.5. The zero-order valence-corrected chi connectivity index (χ0v) is 19.4. The molecule has 1 unspecified atom stereocenters. The maximum atomic E-state index is 13.2. The van der Waals surface area contributed by atoms with E-state index in [1.54, 1.807) is 11.8 Å². The van der Waals surface area contributed by atoms with Crippen molar-refractivity contribution in [2.75, 3.05) is 41.6 Å². The Labute approximate surface area is 184 Å². The summed E-state index contributed by atoms with van der Waals surface area (Å²) in [6.45, 7) is 7.82. The Balaban J connectivity index is 1.77. The Hall–Kier alpha value is -2.25. The SMILES string of the molecule is Cc1ccc(C)c(N(C(C)C(=O)N2CCN(c3cccc(Cl)c3)CC2)S(C)(=O)=O)c1. The normalized spacial score (nSPS) is 15.8.